The second kappa shape index (κ2) is 8.70. The summed E-state index contributed by atoms with van der Waals surface area (Å²) in [7, 11) is -3.18. The van der Waals surface area contributed by atoms with E-state index in [9.17, 15) is 22.8 Å². The number of nitrogens with one attached hydrogen (secondary N) is 2. The molecule has 1 aromatic rings. The van der Waals surface area contributed by atoms with Crippen LogP contribution < -0.4 is 15.8 Å². The Bertz CT molecular complexity index is 798. The van der Waals surface area contributed by atoms with E-state index < -0.39 is 33.6 Å². The molecule has 1 heterocycles. The Balaban J connectivity index is 2.16. The van der Waals surface area contributed by atoms with Crippen molar-refractivity contribution >= 4 is 56.4 Å². The van der Waals surface area contributed by atoms with Gasteiger partial charge < -0.3 is 4.90 Å². The second-order valence-corrected chi connectivity index (χ2v) is 8.40. The zero-order chi connectivity index (χ0) is 19.3. The monoisotopic (exact) mass is 421 g/mol. The molecule has 1 atom stereocenters. The molecule has 8 nitrogen and oxygen atoms in total. The fraction of sp³-hybridized carbons (Fsp3) is 0.400. The van der Waals surface area contributed by atoms with Gasteiger partial charge in [0.05, 0.1) is 17.5 Å². The van der Waals surface area contributed by atoms with Gasteiger partial charge in [-0.1, -0.05) is 0 Å². The average molecular weight is 422 g/mol. The highest BCUT2D eigenvalue weighted by Crippen LogP contribution is 2.25. The van der Waals surface area contributed by atoms with Gasteiger partial charge in [0.15, 0.2) is 9.84 Å². The van der Waals surface area contributed by atoms with Crippen LogP contribution in [-0.2, 0) is 19.4 Å². The minimum atomic E-state index is -3.18. The number of carbonyl (C=O) groups is 3. The van der Waals surface area contributed by atoms with Crippen molar-refractivity contribution in [1.82, 2.24) is 10.9 Å². The lowest BCUT2D eigenvalue weighted by atomic mass is 10.1. The SMILES string of the molecule is O=C(CCl)NNC(=O)c1ccc(N(C(=O)CCl)C2CCS(=O)(=O)C2)cc1. The van der Waals surface area contributed by atoms with Crippen LogP contribution >= 0.6 is 23.2 Å². The second-order valence-electron chi connectivity index (χ2n) is 5.64. The van der Waals surface area contributed by atoms with Gasteiger partial charge >= 0.3 is 0 Å². The Morgan fingerprint density at radius 3 is 2.23 bits per heavy atom. The highest BCUT2D eigenvalue weighted by molar-refractivity contribution is 7.91. The van der Waals surface area contributed by atoms with Crippen LogP contribution in [0.15, 0.2) is 24.3 Å². The third-order valence-corrected chi connectivity index (χ3v) is 6.02. The van der Waals surface area contributed by atoms with Gasteiger partial charge in [0, 0.05) is 11.3 Å². The normalized spacial score (nSPS) is 18.2. The third kappa shape index (κ3) is 5.09. The van der Waals surface area contributed by atoms with E-state index >= 15 is 0 Å². The molecule has 0 saturated carbocycles. The number of benzene rings is 1. The van der Waals surface area contributed by atoms with Crippen LogP contribution in [-0.4, -0.2) is 55.4 Å². The first-order chi connectivity index (χ1) is 12.3. The van der Waals surface area contributed by atoms with Crippen molar-refractivity contribution in [3.63, 3.8) is 0 Å². The first-order valence-corrected chi connectivity index (χ1v) is 10.5. The Labute approximate surface area is 160 Å². The Morgan fingerprint density at radius 2 is 1.73 bits per heavy atom. The lowest BCUT2D eigenvalue weighted by Gasteiger charge is -2.27. The van der Waals surface area contributed by atoms with Crippen molar-refractivity contribution in [3.05, 3.63) is 29.8 Å². The summed E-state index contributed by atoms with van der Waals surface area (Å²) in [5.74, 6) is -2.22. The third-order valence-electron chi connectivity index (χ3n) is 3.80. The molecule has 0 aromatic heterocycles. The van der Waals surface area contributed by atoms with Crippen molar-refractivity contribution in [2.75, 3.05) is 28.2 Å². The number of nitrogens with zero attached hydrogens (tertiary/aromatic N) is 1. The number of carbonyl (C=O) groups excluding carboxylic acids is 3. The van der Waals surface area contributed by atoms with Crippen LogP contribution in [0, 0.1) is 0 Å². The predicted molar refractivity (Wildman–Crippen MR) is 98.0 cm³/mol. The number of amides is 3. The van der Waals surface area contributed by atoms with E-state index in [-0.39, 0.29) is 28.8 Å². The molecule has 1 saturated heterocycles. The van der Waals surface area contributed by atoms with E-state index in [0.29, 0.717) is 12.1 Å². The molecule has 1 aliphatic heterocycles. The first-order valence-electron chi connectivity index (χ1n) is 7.61. The minimum Gasteiger partial charge on any atom is -0.307 e. The molecule has 0 aliphatic carbocycles. The van der Waals surface area contributed by atoms with E-state index in [2.05, 4.69) is 10.9 Å². The Morgan fingerprint density at radius 1 is 1.08 bits per heavy atom. The predicted octanol–water partition coefficient (Wildman–Crippen LogP) is 0.445. The summed E-state index contributed by atoms with van der Waals surface area (Å²) in [5.41, 5.74) is 5.00. The molecule has 0 spiro atoms. The summed E-state index contributed by atoms with van der Waals surface area (Å²) in [4.78, 5) is 36.5. The van der Waals surface area contributed by atoms with Crippen molar-refractivity contribution in [2.24, 2.45) is 0 Å². The van der Waals surface area contributed by atoms with Crippen LogP contribution in [0.5, 0.6) is 0 Å². The highest BCUT2D eigenvalue weighted by Gasteiger charge is 2.35. The number of halogens is 2. The molecule has 2 rings (SSSR count). The number of hydrogen-bond donors (Lipinski definition) is 2. The molecule has 142 valence electrons. The standard InChI is InChI=1S/C15H17Cl2N3O5S/c16-7-13(21)18-19-15(23)10-1-3-11(4-2-10)20(14(22)8-17)12-5-6-26(24,25)9-12/h1-4,12H,5-9H2,(H,18,21)(H,19,23). The molecule has 2 N–H and O–H groups in total. The molecule has 3 amide bonds. The van der Waals surface area contributed by atoms with Crippen molar-refractivity contribution < 1.29 is 22.8 Å². The van der Waals surface area contributed by atoms with Crippen LogP contribution in [0.3, 0.4) is 0 Å². The number of rotatable bonds is 5. The molecule has 1 unspecified atom stereocenters. The minimum absolute atomic E-state index is 0.0183. The topological polar surface area (TPSA) is 113 Å². The quantitative estimate of drug-likeness (QED) is 0.529. The Hall–Kier alpha value is -1.84. The lowest BCUT2D eigenvalue weighted by molar-refractivity contribution is -0.119. The molecule has 0 bridgehead atoms. The number of sulfone groups is 1. The fourth-order valence-corrected chi connectivity index (χ4v) is 4.50. The first kappa shape index (κ1) is 20.5. The lowest BCUT2D eigenvalue weighted by Crippen LogP contribution is -2.43. The molecule has 26 heavy (non-hydrogen) atoms. The summed E-state index contributed by atoms with van der Waals surface area (Å²) < 4.78 is 23.4. The molecular formula is C15H17Cl2N3O5S. The molecule has 0 radical (unpaired) electrons. The highest BCUT2D eigenvalue weighted by atomic mass is 35.5. The van der Waals surface area contributed by atoms with Crippen molar-refractivity contribution in [2.45, 2.75) is 12.5 Å². The van der Waals surface area contributed by atoms with Gasteiger partial charge in [0.25, 0.3) is 11.8 Å². The molecule has 11 heteroatoms. The number of anilines is 1. The van der Waals surface area contributed by atoms with E-state index in [1.165, 1.54) is 29.2 Å². The van der Waals surface area contributed by atoms with Gasteiger partial charge in [-0.25, -0.2) is 8.42 Å². The summed E-state index contributed by atoms with van der Waals surface area (Å²) in [5, 5.41) is 0. The van der Waals surface area contributed by atoms with Crippen LogP contribution in [0.1, 0.15) is 16.8 Å². The number of hydrazine groups is 1. The van der Waals surface area contributed by atoms with E-state index in [4.69, 9.17) is 23.2 Å². The van der Waals surface area contributed by atoms with Crippen LogP contribution in [0.25, 0.3) is 0 Å². The molecular weight excluding hydrogens is 405 g/mol. The summed E-state index contributed by atoms with van der Waals surface area (Å²) in [6.07, 6.45) is 0.331. The van der Waals surface area contributed by atoms with Gasteiger partial charge in [0.2, 0.25) is 5.91 Å². The zero-order valence-electron chi connectivity index (χ0n) is 13.6. The molecule has 1 fully saturated rings. The van der Waals surface area contributed by atoms with E-state index in [0.717, 1.165) is 0 Å². The summed E-state index contributed by atoms with van der Waals surface area (Å²) in [6.45, 7) is 0. The summed E-state index contributed by atoms with van der Waals surface area (Å²) >= 11 is 11.0. The average Bonchev–Trinajstić information content (AvgIpc) is 2.99. The van der Waals surface area contributed by atoms with Gasteiger partial charge in [-0.3, -0.25) is 25.2 Å². The van der Waals surface area contributed by atoms with Crippen LogP contribution in [0.2, 0.25) is 0 Å². The zero-order valence-corrected chi connectivity index (χ0v) is 15.9. The maximum atomic E-state index is 12.2. The fourth-order valence-electron chi connectivity index (χ4n) is 2.61. The maximum absolute atomic E-state index is 12.2. The van der Waals surface area contributed by atoms with Crippen LogP contribution in [0.4, 0.5) is 5.69 Å². The Kier molecular flexibility index (Phi) is 6.85. The number of alkyl halides is 2. The van der Waals surface area contributed by atoms with E-state index in [1.807, 2.05) is 0 Å². The van der Waals surface area contributed by atoms with Gasteiger partial charge in [-0.2, -0.15) is 0 Å². The van der Waals surface area contributed by atoms with Gasteiger partial charge in [0.1, 0.15) is 11.8 Å². The van der Waals surface area contributed by atoms with Crippen molar-refractivity contribution in [1.29, 1.82) is 0 Å². The van der Waals surface area contributed by atoms with Gasteiger partial charge in [-0.05, 0) is 30.7 Å². The maximum Gasteiger partial charge on any atom is 0.269 e. The smallest absolute Gasteiger partial charge is 0.269 e. The molecule has 1 aromatic carbocycles. The molecule has 1 aliphatic rings. The summed E-state index contributed by atoms with van der Waals surface area (Å²) in [6, 6.07) is 5.46. The largest absolute Gasteiger partial charge is 0.307 e. The van der Waals surface area contributed by atoms with Gasteiger partial charge in [-0.15, -0.1) is 23.2 Å². The van der Waals surface area contributed by atoms with E-state index in [1.54, 1.807) is 0 Å². The van der Waals surface area contributed by atoms with Crippen molar-refractivity contribution in [3.8, 4) is 0 Å². The number of hydrogen-bond acceptors (Lipinski definition) is 5.